The van der Waals surface area contributed by atoms with Crippen LogP contribution < -0.4 is 10.6 Å². The molecule has 0 unspecified atom stereocenters. The lowest BCUT2D eigenvalue weighted by Crippen LogP contribution is -2.33. The summed E-state index contributed by atoms with van der Waals surface area (Å²) in [7, 11) is 0. The zero-order chi connectivity index (χ0) is 18.3. The largest absolute Gasteiger partial charge is 0.444 e. The molecule has 0 aliphatic rings. The summed E-state index contributed by atoms with van der Waals surface area (Å²) in [6.45, 7) is 7.94. The summed E-state index contributed by atoms with van der Waals surface area (Å²) < 4.78 is 6.21. The zero-order valence-corrected chi connectivity index (χ0v) is 16.6. The molecule has 6 heteroatoms. The van der Waals surface area contributed by atoms with Crippen molar-refractivity contribution in [2.24, 2.45) is 0 Å². The normalized spacial score (nSPS) is 11.5. The molecule has 0 aliphatic carbocycles. The lowest BCUT2D eigenvalue weighted by atomic mass is 10.1. The Morgan fingerprint density at radius 3 is 2.72 bits per heavy atom. The van der Waals surface area contributed by atoms with Crippen LogP contribution in [0.3, 0.4) is 0 Å². The number of rotatable bonds is 7. The second-order valence-electron chi connectivity index (χ2n) is 6.99. The van der Waals surface area contributed by atoms with Crippen molar-refractivity contribution in [2.45, 2.75) is 45.8 Å². The van der Waals surface area contributed by atoms with Crippen molar-refractivity contribution in [3.63, 3.8) is 0 Å². The maximum absolute atomic E-state index is 11.5. The van der Waals surface area contributed by atoms with Crippen molar-refractivity contribution >= 4 is 32.8 Å². The molecule has 0 saturated heterocycles. The van der Waals surface area contributed by atoms with Crippen molar-refractivity contribution in [1.82, 2.24) is 15.6 Å². The van der Waals surface area contributed by atoms with Crippen LogP contribution >= 0.6 is 15.9 Å². The maximum atomic E-state index is 11.5. The molecule has 0 atom stereocenters. The van der Waals surface area contributed by atoms with Gasteiger partial charge in [-0.3, -0.25) is 4.98 Å². The number of alkyl carbamates (subject to hydrolysis) is 1. The van der Waals surface area contributed by atoms with Crippen LogP contribution in [0.15, 0.2) is 35.1 Å². The minimum atomic E-state index is -0.448. The van der Waals surface area contributed by atoms with Crippen LogP contribution in [0.25, 0.3) is 10.8 Å². The van der Waals surface area contributed by atoms with Gasteiger partial charge in [0.1, 0.15) is 5.60 Å². The minimum absolute atomic E-state index is 0.350. The van der Waals surface area contributed by atoms with E-state index in [2.05, 4.69) is 49.7 Å². The predicted octanol–water partition coefficient (Wildman–Crippen LogP) is 4.39. The van der Waals surface area contributed by atoms with Crippen LogP contribution in [-0.2, 0) is 11.3 Å². The molecule has 25 heavy (non-hydrogen) atoms. The average Bonchev–Trinajstić information content (AvgIpc) is 2.53. The van der Waals surface area contributed by atoms with E-state index in [9.17, 15) is 4.79 Å². The molecule has 1 amide bonds. The Morgan fingerprint density at radius 2 is 1.96 bits per heavy atom. The van der Waals surface area contributed by atoms with E-state index in [4.69, 9.17) is 4.74 Å². The molecule has 0 saturated carbocycles. The van der Waals surface area contributed by atoms with Gasteiger partial charge in [0, 0.05) is 35.3 Å². The summed E-state index contributed by atoms with van der Waals surface area (Å²) in [5, 5.41) is 8.52. The van der Waals surface area contributed by atoms with E-state index in [1.807, 2.05) is 33.2 Å². The SMILES string of the molecule is CC(C)(C)OC(=O)NCCCCNCc1ccc2cncc(Br)c2c1. The van der Waals surface area contributed by atoms with E-state index >= 15 is 0 Å². The number of hydrogen-bond acceptors (Lipinski definition) is 4. The Hall–Kier alpha value is -1.66. The first-order chi connectivity index (χ1) is 11.8. The number of nitrogens with zero attached hydrogens (tertiary/aromatic N) is 1. The number of ether oxygens (including phenoxy) is 1. The first kappa shape index (κ1) is 19.7. The van der Waals surface area contributed by atoms with Gasteiger partial charge in [-0.25, -0.2) is 4.79 Å². The van der Waals surface area contributed by atoms with Crippen molar-refractivity contribution in [2.75, 3.05) is 13.1 Å². The van der Waals surface area contributed by atoms with Gasteiger partial charge in [0.15, 0.2) is 0 Å². The molecule has 1 aromatic heterocycles. The van der Waals surface area contributed by atoms with Crippen molar-refractivity contribution in [3.8, 4) is 0 Å². The molecular weight excluding hydrogens is 382 g/mol. The Labute approximate surface area is 157 Å². The number of carbonyl (C=O) groups excluding carboxylic acids is 1. The quantitative estimate of drug-likeness (QED) is 0.667. The zero-order valence-electron chi connectivity index (χ0n) is 15.1. The summed E-state index contributed by atoms with van der Waals surface area (Å²) in [6, 6.07) is 6.39. The number of nitrogens with one attached hydrogen (secondary N) is 2. The van der Waals surface area contributed by atoms with Crippen LogP contribution in [0.5, 0.6) is 0 Å². The van der Waals surface area contributed by atoms with Gasteiger partial charge < -0.3 is 15.4 Å². The second-order valence-corrected chi connectivity index (χ2v) is 7.84. The van der Waals surface area contributed by atoms with E-state index in [-0.39, 0.29) is 6.09 Å². The van der Waals surface area contributed by atoms with Gasteiger partial charge in [-0.05, 0) is 73.1 Å². The number of amides is 1. The molecule has 2 N–H and O–H groups in total. The first-order valence-electron chi connectivity index (χ1n) is 8.55. The molecule has 5 nitrogen and oxygen atoms in total. The fourth-order valence-electron chi connectivity index (χ4n) is 2.40. The summed E-state index contributed by atoms with van der Waals surface area (Å²) >= 11 is 3.54. The Kier molecular flexibility index (Phi) is 7.20. The predicted molar refractivity (Wildman–Crippen MR) is 105 cm³/mol. The molecule has 0 fully saturated rings. The summed E-state index contributed by atoms with van der Waals surface area (Å²) in [6.07, 6.45) is 5.25. The highest BCUT2D eigenvalue weighted by Crippen LogP contribution is 2.23. The average molecular weight is 408 g/mol. The van der Waals surface area contributed by atoms with Gasteiger partial charge in [0.2, 0.25) is 0 Å². The Bertz CT molecular complexity index is 713. The first-order valence-corrected chi connectivity index (χ1v) is 9.34. The highest BCUT2D eigenvalue weighted by molar-refractivity contribution is 9.10. The van der Waals surface area contributed by atoms with E-state index in [1.54, 1.807) is 0 Å². The van der Waals surface area contributed by atoms with Crippen molar-refractivity contribution in [3.05, 3.63) is 40.6 Å². The molecule has 2 rings (SSSR count). The van der Waals surface area contributed by atoms with E-state index < -0.39 is 5.60 Å². The highest BCUT2D eigenvalue weighted by atomic mass is 79.9. The van der Waals surface area contributed by atoms with Crippen LogP contribution in [0.2, 0.25) is 0 Å². The highest BCUT2D eigenvalue weighted by Gasteiger charge is 2.15. The third kappa shape index (κ3) is 7.00. The van der Waals surface area contributed by atoms with Gasteiger partial charge in [-0.2, -0.15) is 0 Å². The van der Waals surface area contributed by atoms with Crippen LogP contribution in [0.1, 0.15) is 39.2 Å². The van der Waals surface area contributed by atoms with Crippen LogP contribution in [0.4, 0.5) is 4.79 Å². The number of benzene rings is 1. The monoisotopic (exact) mass is 407 g/mol. The molecule has 0 bridgehead atoms. The number of fused-ring (bicyclic) bond motifs is 1. The maximum Gasteiger partial charge on any atom is 0.407 e. The summed E-state index contributed by atoms with van der Waals surface area (Å²) in [5.41, 5.74) is 0.794. The number of carbonyl (C=O) groups is 1. The van der Waals surface area contributed by atoms with E-state index in [1.165, 1.54) is 10.9 Å². The van der Waals surface area contributed by atoms with Gasteiger partial charge in [-0.1, -0.05) is 12.1 Å². The van der Waals surface area contributed by atoms with Crippen molar-refractivity contribution in [1.29, 1.82) is 0 Å². The molecule has 0 aliphatic heterocycles. The smallest absolute Gasteiger partial charge is 0.407 e. The van der Waals surface area contributed by atoms with Gasteiger partial charge in [-0.15, -0.1) is 0 Å². The fourth-order valence-corrected chi connectivity index (χ4v) is 2.86. The van der Waals surface area contributed by atoms with Crippen LogP contribution in [-0.4, -0.2) is 29.8 Å². The molecule has 0 radical (unpaired) electrons. The molecule has 2 aromatic rings. The second kappa shape index (κ2) is 9.15. The number of halogens is 1. The number of unbranched alkanes of at least 4 members (excludes halogenated alkanes) is 1. The van der Waals surface area contributed by atoms with E-state index in [0.29, 0.717) is 6.54 Å². The molecule has 136 valence electrons. The standard InChI is InChI=1S/C19H26BrN3O2/c1-19(2,3)25-18(24)23-9-5-4-8-21-11-14-6-7-15-12-22-13-17(20)16(15)10-14/h6-7,10,12-13,21H,4-5,8-9,11H2,1-3H3,(H,23,24). The third-order valence-electron chi connectivity index (χ3n) is 3.55. The van der Waals surface area contributed by atoms with E-state index in [0.717, 1.165) is 35.8 Å². The number of pyridine rings is 1. The van der Waals surface area contributed by atoms with Gasteiger partial charge in [0.05, 0.1) is 0 Å². The lowest BCUT2D eigenvalue weighted by molar-refractivity contribution is 0.0527. The molecule has 1 aromatic carbocycles. The Balaban J connectivity index is 1.63. The minimum Gasteiger partial charge on any atom is -0.444 e. The topological polar surface area (TPSA) is 63.2 Å². The molecule has 1 heterocycles. The number of aromatic nitrogens is 1. The lowest BCUT2D eigenvalue weighted by Gasteiger charge is -2.19. The Morgan fingerprint density at radius 1 is 1.20 bits per heavy atom. The van der Waals surface area contributed by atoms with Gasteiger partial charge >= 0.3 is 6.09 Å². The summed E-state index contributed by atoms with van der Waals surface area (Å²) in [4.78, 5) is 15.7. The molecule has 0 spiro atoms. The summed E-state index contributed by atoms with van der Waals surface area (Å²) in [5.74, 6) is 0. The van der Waals surface area contributed by atoms with Gasteiger partial charge in [0.25, 0.3) is 0 Å². The third-order valence-corrected chi connectivity index (χ3v) is 4.19. The van der Waals surface area contributed by atoms with Crippen molar-refractivity contribution < 1.29 is 9.53 Å². The number of hydrogen-bond donors (Lipinski definition) is 2. The fraction of sp³-hybridized carbons (Fsp3) is 0.474. The molecular formula is C19H26BrN3O2. The van der Waals surface area contributed by atoms with Crippen LogP contribution in [0, 0.1) is 0 Å².